The zero-order valence-corrected chi connectivity index (χ0v) is 8.60. The van der Waals surface area contributed by atoms with E-state index in [-0.39, 0.29) is 21.2 Å². The third-order valence-corrected chi connectivity index (χ3v) is 3.86. The molecule has 1 atom stereocenters. The van der Waals surface area contributed by atoms with E-state index in [0.29, 0.717) is 3.92 Å². The van der Waals surface area contributed by atoms with Gasteiger partial charge in [0.2, 0.25) is 0 Å². The molecule has 0 spiro atoms. The molecule has 6 heteroatoms. The molecule has 0 aromatic rings. The maximum atomic E-state index is 10.5. The second-order valence-electron chi connectivity index (χ2n) is 1.91. The van der Waals surface area contributed by atoms with E-state index in [1.165, 1.54) is 0 Å². The van der Waals surface area contributed by atoms with Gasteiger partial charge in [0.05, 0.1) is 0 Å². The maximum absolute atomic E-state index is 10.5. The van der Waals surface area contributed by atoms with Crippen LogP contribution in [0.5, 0.6) is 0 Å². The van der Waals surface area contributed by atoms with Gasteiger partial charge in [-0.1, -0.05) is 0 Å². The first-order valence-electron chi connectivity index (χ1n) is 2.76. The Bertz CT molecular complexity index is 182. The summed E-state index contributed by atoms with van der Waals surface area (Å²) < 4.78 is 20.1. The number of hydrogen-bond donors (Lipinski definition) is 1. The van der Waals surface area contributed by atoms with Crippen molar-refractivity contribution in [1.82, 2.24) is 5.48 Å². The van der Waals surface area contributed by atoms with Crippen molar-refractivity contribution >= 4 is 15.1 Å². The quantitative estimate of drug-likeness (QED) is 0.331. The van der Waals surface area contributed by atoms with Crippen molar-refractivity contribution < 1.29 is 29.7 Å². The van der Waals surface area contributed by atoms with Crippen LogP contribution in [-0.2, 0) is 15.6 Å². The molecule has 0 aromatic carbocycles. The van der Waals surface area contributed by atoms with E-state index in [1.54, 1.807) is 0 Å². The summed E-state index contributed by atoms with van der Waals surface area (Å²) >= 11 is -1.61. The standard InChI is InChI=1S/C4H8IN2O2S/c1-3(2)5-4-6-9-10(8)7-4/h3H,1-2H3,(H,6,7)/q-1. The monoisotopic (exact) mass is 275 g/mol. The molecular weight excluding hydrogens is 267 g/mol. The van der Waals surface area contributed by atoms with Crippen LogP contribution in [-0.4, -0.2) is 12.0 Å². The number of halogens is 1. The third-order valence-electron chi connectivity index (χ3n) is 0.673. The normalized spacial score (nSPS) is 25.1. The van der Waals surface area contributed by atoms with Gasteiger partial charge in [-0.15, -0.1) is 0 Å². The van der Waals surface area contributed by atoms with Gasteiger partial charge in [0, 0.05) is 0 Å². The van der Waals surface area contributed by atoms with Crippen LogP contribution in [0.3, 0.4) is 0 Å². The second kappa shape index (κ2) is 3.63. The number of alkyl halides is 1. The van der Waals surface area contributed by atoms with Crippen molar-refractivity contribution in [3.05, 3.63) is 0 Å². The number of nitrogens with zero attached hydrogens (tertiary/aromatic N) is 1. The number of rotatable bonds is 2. The fourth-order valence-corrected chi connectivity index (χ4v) is 3.21. The molecule has 0 aliphatic carbocycles. The van der Waals surface area contributed by atoms with Crippen molar-refractivity contribution in [2.24, 2.45) is 4.40 Å². The van der Waals surface area contributed by atoms with Crippen LogP contribution in [0.2, 0.25) is 0 Å². The molecule has 1 aliphatic rings. The van der Waals surface area contributed by atoms with E-state index < -0.39 is 11.3 Å². The summed E-state index contributed by atoms with van der Waals surface area (Å²) in [6, 6.07) is 0. The zero-order chi connectivity index (χ0) is 7.56. The first kappa shape index (κ1) is 8.41. The molecule has 0 amide bonds. The topological polar surface area (TPSA) is 50.7 Å². The van der Waals surface area contributed by atoms with Crippen LogP contribution in [0.1, 0.15) is 13.8 Å². The Labute approximate surface area is 72.4 Å². The molecule has 60 valence electrons. The minimum absolute atomic E-state index is 0.145. The SMILES string of the molecule is CC(C)[I-]C1=NS(=O)ON1. The van der Waals surface area contributed by atoms with Crippen molar-refractivity contribution in [3.8, 4) is 0 Å². The first-order chi connectivity index (χ1) is 4.68. The first-order valence-corrected chi connectivity index (χ1v) is 6.11. The molecule has 0 saturated carbocycles. The molecular formula is C4H8IN2O2S-. The summed E-state index contributed by atoms with van der Waals surface area (Å²) in [4.78, 5) is 0. The van der Waals surface area contributed by atoms with Gasteiger partial charge < -0.3 is 0 Å². The van der Waals surface area contributed by atoms with Crippen molar-refractivity contribution in [2.45, 2.75) is 17.8 Å². The molecule has 0 saturated heterocycles. The van der Waals surface area contributed by atoms with Crippen LogP contribution < -0.4 is 26.7 Å². The van der Waals surface area contributed by atoms with Gasteiger partial charge >= 0.3 is 72.5 Å². The second-order valence-corrected chi connectivity index (χ2v) is 6.83. The van der Waals surface area contributed by atoms with Gasteiger partial charge in [-0.3, -0.25) is 0 Å². The van der Waals surface area contributed by atoms with Gasteiger partial charge in [-0.25, -0.2) is 0 Å². The number of amidine groups is 1. The fraction of sp³-hybridized carbons (Fsp3) is 0.750. The molecule has 10 heavy (non-hydrogen) atoms. The average molecular weight is 275 g/mol. The van der Waals surface area contributed by atoms with Crippen LogP contribution >= 0.6 is 0 Å². The van der Waals surface area contributed by atoms with Gasteiger partial charge in [0.15, 0.2) is 0 Å². The van der Waals surface area contributed by atoms with E-state index in [9.17, 15) is 4.21 Å². The summed E-state index contributed by atoms with van der Waals surface area (Å²) in [5, 5.41) is 0. The van der Waals surface area contributed by atoms with Crippen molar-refractivity contribution in [1.29, 1.82) is 0 Å². The summed E-state index contributed by atoms with van der Waals surface area (Å²) in [5.74, 6) is 0. The molecule has 0 fully saturated rings. The third kappa shape index (κ3) is 2.51. The Kier molecular flexibility index (Phi) is 3.05. The van der Waals surface area contributed by atoms with E-state index >= 15 is 0 Å². The van der Waals surface area contributed by atoms with Crippen LogP contribution in [0.15, 0.2) is 4.40 Å². The molecule has 0 bridgehead atoms. The van der Waals surface area contributed by atoms with E-state index in [1.807, 2.05) is 0 Å². The van der Waals surface area contributed by atoms with Crippen LogP contribution in [0, 0.1) is 0 Å². The van der Waals surface area contributed by atoms with Crippen molar-refractivity contribution in [3.63, 3.8) is 0 Å². The van der Waals surface area contributed by atoms with E-state index in [2.05, 4.69) is 28.0 Å². The summed E-state index contributed by atoms with van der Waals surface area (Å²) in [6.45, 7) is 4.22. The van der Waals surface area contributed by atoms with Crippen LogP contribution in [0.25, 0.3) is 0 Å². The predicted octanol–water partition coefficient (Wildman–Crippen LogP) is -3.05. The predicted molar refractivity (Wildman–Crippen MR) is 34.9 cm³/mol. The van der Waals surface area contributed by atoms with Crippen molar-refractivity contribution in [2.75, 3.05) is 0 Å². The number of hydroxylamine groups is 1. The van der Waals surface area contributed by atoms with E-state index in [4.69, 9.17) is 0 Å². The summed E-state index contributed by atoms with van der Waals surface area (Å²) in [7, 11) is 0. The number of nitrogens with one attached hydrogen (secondary N) is 1. The molecule has 4 nitrogen and oxygen atoms in total. The molecule has 1 unspecified atom stereocenters. The van der Waals surface area contributed by atoms with Gasteiger partial charge in [0.1, 0.15) is 0 Å². The van der Waals surface area contributed by atoms with Gasteiger partial charge in [-0.2, -0.15) is 0 Å². The van der Waals surface area contributed by atoms with Crippen LogP contribution in [0.4, 0.5) is 0 Å². The molecule has 1 rings (SSSR count). The Morgan fingerprint density at radius 3 is 2.90 bits per heavy atom. The average Bonchev–Trinajstić information content (AvgIpc) is 2.13. The molecule has 0 radical (unpaired) electrons. The zero-order valence-electron chi connectivity index (χ0n) is 5.63. The molecule has 1 N–H and O–H groups in total. The summed E-state index contributed by atoms with van der Waals surface area (Å²) in [5.41, 5.74) is 2.54. The van der Waals surface area contributed by atoms with Gasteiger partial charge in [0.25, 0.3) is 0 Å². The Hall–Kier alpha value is 0.310. The Morgan fingerprint density at radius 2 is 2.50 bits per heavy atom. The van der Waals surface area contributed by atoms with Gasteiger partial charge in [-0.05, 0) is 0 Å². The Balaban J connectivity index is 2.43. The fourth-order valence-electron chi connectivity index (χ4n) is 0.422. The number of hydrogen-bond acceptors (Lipinski definition) is 3. The minimum atomic E-state index is -1.46. The molecule has 0 aromatic heterocycles. The molecule has 1 heterocycles. The van der Waals surface area contributed by atoms with E-state index in [0.717, 1.165) is 3.84 Å². The Morgan fingerprint density at radius 1 is 1.80 bits per heavy atom. The molecule has 1 aliphatic heterocycles. The summed E-state index contributed by atoms with van der Waals surface area (Å²) in [6.07, 6.45) is 0.